The maximum atomic E-state index is 12.3. The van der Waals surface area contributed by atoms with Crippen LogP contribution in [0, 0.1) is 0 Å². The van der Waals surface area contributed by atoms with Crippen molar-refractivity contribution in [3.05, 3.63) is 54.4 Å². The van der Waals surface area contributed by atoms with Crippen molar-refractivity contribution in [1.29, 1.82) is 0 Å². The molecular formula is C15H22Cl2N4O. The summed E-state index contributed by atoms with van der Waals surface area (Å²) >= 11 is 0. The van der Waals surface area contributed by atoms with E-state index >= 15 is 0 Å². The largest absolute Gasteiger partial charge is 0.350 e. The lowest BCUT2D eigenvalue weighted by molar-refractivity contribution is -0.126. The molecule has 0 saturated heterocycles. The number of rotatable bonds is 5. The van der Waals surface area contributed by atoms with Crippen molar-refractivity contribution < 1.29 is 4.79 Å². The van der Waals surface area contributed by atoms with E-state index in [2.05, 4.69) is 10.4 Å². The summed E-state index contributed by atoms with van der Waals surface area (Å²) in [6.07, 6.45) is 3.58. The fraction of sp³-hybridized carbons (Fsp3) is 0.333. The van der Waals surface area contributed by atoms with Crippen molar-refractivity contribution in [2.75, 3.05) is 0 Å². The molecule has 22 heavy (non-hydrogen) atoms. The first kappa shape index (κ1) is 20.4. The third-order valence-electron chi connectivity index (χ3n) is 3.24. The number of carbonyl (C=O) groups is 1. The lowest BCUT2D eigenvalue weighted by Gasteiger charge is -2.26. The number of carbonyl (C=O) groups excluding carboxylic acids is 1. The Kier molecular flexibility index (Phi) is 8.16. The lowest BCUT2D eigenvalue weighted by atomic mass is 9.92. The summed E-state index contributed by atoms with van der Waals surface area (Å²) in [7, 11) is 0. The minimum absolute atomic E-state index is 0. The lowest BCUT2D eigenvalue weighted by Crippen LogP contribution is -2.52. The molecule has 0 aliphatic heterocycles. The maximum absolute atomic E-state index is 12.3. The summed E-state index contributed by atoms with van der Waals surface area (Å²) in [6, 6.07) is 11.2. The zero-order valence-electron chi connectivity index (χ0n) is 12.6. The molecule has 0 aliphatic rings. The van der Waals surface area contributed by atoms with E-state index in [0.717, 1.165) is 5.56 Å². The fourth-order valence-electron chi connectivity index (χ4n) is 2.02. The number of hydrogen-bond acceptors (Lipinski definition) is 3. The van der Waals surface area contributed by atoms with Gasteiger partial charge in [0.2, 0.25) is 5.91 Å². The SMILES string of the molecule is CC(Cn1cccn1)NC(=O)C(C)(N)c1ccccc1.Cl.Cl. The molecule has 1 amide bonds. The molecule has 0 fully saturated rings. The Bertz CT molecular complexity index is 558. The number of nitrogens with zero attached hydrogens (tertiary/aromatic N) is 2. The van der Waals surface area contributed by atoms with Crippen LogP contribution in [0.1, 0.15) is 19.4 Å². The van der Waals surface area contributed by atoms with Crippen molar-refractivity contribution in [3.63, 3.8) is 0 Å². The number of amides is 1. The summed E-state index contributed by atoms with van der Waals surface area (Å²) in [5.74, 6) is -0.191. The number of nitrogens with one attached hydrogen (secondary N) is 1. The second kappa shape index (κ2) is 8.78. The van der Waals surface area contributed by atoms with E-state index in [9.17, 15) is 4.79 Å². The van der Waals surface area contributed by atoms with Crippen molar-refractivity contribution in [2.24, 2.45) is 5.73 Å². The zero-order chi connectivity index (χ0) is 14.6. The first-order chi connectivity index (χ1) is 9.50. The second-order valence-electron chi connectivity index (χ2n) is 5.17. The van der Waals surface area contributed by atoms with Crippen molar-refractivity contribution in [3.8, 4) is 0 Å². The van der Waals surface area contributed by atoms with Crippen LogP contribution in [0.4, 0.5) is 0 Å². The molecule has 7 heteroatoms. The highest BCUT2D eigenvalue weighted by Crippen LogP contribution is 2.17. The molecule has 0 spiro atoms. The molecule has 0 aliphatic carbocycles. The summed E-state index contributed by atoms with van der Waals surface area (Å²) in [5.41, 5.74) is 5.92. The molecule has 0 radical (unpaired) electrons. The van der Waals surface area contributed by atoms with Gasteiger partial charge in [0, 0.05) is 18.4 Å². The average Bonchev–Trinajstić information content (AvgIpc) is 2.92. The van der Waals surface area contributed by atoms with Gasteiger partial charge < -0.3 is 11.1 Å². The molecule has 2 atom stereocenters. The number of halogens is 2. The van der Waals surface area contributed by atoms with Gasteiger partial charge in [-0.25, -0.2) is 0 Å². The van der Waals surface area contributed by atoms with Gasteiger partial charge in [0.15, 0.2) is 0 Å². The van der Waals surface area contributed by atoms with Crippen LogP contribution in [0.2, 0.25) is 0 Å². The third-order valence-corrected chi connectivity index (χ3v) is 3.24. The molecule has 1 aromatic carbocycles. The minimum atomic E-state index is -1.04. The van der Waals surface area contributed by atoms with E-state index in [1.807, 2.05) is 49.5 Å². The van der Waals surface area contributed by atoms with E-state index in [4.69, 9.17) is 5.73 Å². The van der Waals surface area contributed by atoms with Crippen molar-refractivity contribution in [2.45, 2.75) is 32.0 Å². The van der Waals surface area contributed by atoms with E-state index < -0.39 is 5.54 Å². The van der Waals surface area contributed by atoms with Crippen LogP contribution >= 0.6 is 24.8 Å². The number of hydrogen-bond donors (Lipinski definition) is 2. The maximum Gasteiger partial charge on any atom is 0.244 e. The Balaban J connectivity index is 0.00000220. The van der Waals surface area contributed by atoms with Crippen LogP contribution in [0.5, 0.6) is 0 Å². The first-order valence-corrected chi connectivity index (χ1v) is 6.63. The standard InChI is InChI=1S/C15H20N4O.2ClH/c1-12(11-19-10-6-9-17-19)18-14(20)15(2,16)13-7-4-3-5-8-13;;/h3-10,12H,11,16H2,1-2H3,(H,18,20);2*1H. The van der Waals surface area contributed by atoms with Crippen LogP contribution in [-0.4, -0.2) is 21.7 Å². The topological polar surface area (TPSA) is 72.9 Å². The predicted octanol–water partition coefficient (Wildman–Crippen LogP) is 2.11. The highest BCUT2D eigenvalue weighted by atomic mass is 35.5. The van der Waals surface area contributed by atoms with E-state index in [-0.39, 0.29) is 36.8 Å². The van der Waals surface area contributed by atoms with Crippen LogP contribution in [0.3, 0.4) is 0 Å². The Morgan fingerprint density at radius 1 is 1.32 bits per heavy atom. The number of nitrogens with two attached hydrogens (primary N) is 1. The summed E-state index contributed by atoms with van der Waals surface area (Å²) in [5, 5.41) is 7.05. The molecule has 1 aromatic heterocycles. The highest BCUT2D eigenvalue weighted by Gasteiger charge is 2.31. The molecule has 3 N–H and O–H groups in total. The molecule has 2 rings (SSSR count). The zero-order valence-corrected chi connectivity index (χ0v) is 14.2. The average molecular weight is 345 g/mol. The smallest absolute Gasteiger partial charge is 0.244 e. The summed E-state index contributed by atoms with van der Waals surface area (Å²) in [6.45, 7) is 4.27. The van der Waals surface area contributed by atoms with Crippen LogP contribution < -0.4 is 11.1 Å². The normalized spacial score (nSPS) is 14.0. The van der Waals surface area contributed by atoms with Crippen molar-refractivity contribution >= 4 is 30.7 Å². The molecule has 122 valence electrons. The molecule has 2 aromatic rings. The molecule has 5 nitrogen and oxygen atoms in total. The monoisotopic (exact) mass is 344 g/mol. The van der Waals surface area contributed by atoms with Gasteiger partial charge in [-0.15, -0.1) is 24.8 Å². The van der Waals surface area contributed by atoms with Crippen LogP contribution in [-0.2, 0) is 16.9 Å². The summed E-state index contributed by atoms with van der Waals surface area (Å²) < 4.78 is 1.78. The Labute approximate surface area is 143 Å². The van der Waals surface area contributed by atoms with E-state index in [0.29, 0.717) is 6.54 Å². The summed E-state index contributed by atoms with van der Waals surface area (Å²) in [4.78, 5) is 12.3. The van der Waals surface area contributed by atoms with Crippen LogP contribution in [0.15, 0.2) is 48.8 Å². The fourth-order valence-corrected chi connectivity index (χ4v) is 2.02. The van der Waals surface area contributed by atoms with E-state index in [1.165, 1.54) is 0 Å². The molecular weight excluding hydrogens is 323 g/mol. The van der Waals surface area contributed by atoms with Gasteiger partial charge in [-0.1, -0.05) is 30.3 Å². The number of aromatic nitrogens is 2. The third kappa shape index (κ3) is 5.02. The highest BCUT2D eigenvalue weighted by molar-refractivity contribution is 5.87. The van der Waals surface area contributed by atoms with Gasteiger partial charge in [0.05, 0.1) is 6.54 Å². The Morgan fingerprint density at radius 3 is 2.50 bits per heavy atom. The minimum Gasteiger partial charge on any atom is -0.350 e. The Hall–Kier alpha value is -1.56. The second-order valence-corrected chi connectivity index (χ2v) is 5.17. The molecule has 0 saturated carbocycles. The quantitative estimate of drug-likeness (QED) is 0.872. The molecule has 1 heterocycles. The van der Waals surface area contributed by atoms with Gasteiger partial charge in [0.25, 0.3) is 0 Å². The molecule has 0 bridgehead atoms. The van der Waals surface area contributed by atoms with Gasteiger partial charge >= 0.3 is 0 Å². The van der Waals surface area contributed by atoms with Crippen LogP contribution in [0.25, 0.3) is 0 Å². The Morgan fingerprint density at radius 2 is 1.95 bits per heavy atom. The van der Waals surface area contributed by atoms with Gasteiger partial charge in [-0.05, 0) is 25.5 Å². The first-order valence-electron chi connectivity index (χ1n) is 6.63. The predicted molar refractivity (Wildman–Crippen MR) is 92.3 cm³/mol. The van der Waals surface area contributed by atoms with Gasteiger partial charge in [-0.3, -0.25) is 9.48 Å². The molecule has 2 unspecified atom stereocenters. The van der Waals surface area contributed by atoms with E-state index in [1.54, 1.807) is 17.8 Å². The van der Waals surface area contributed by atoms with Gasteiger partial charge in [-0.2, -0.15) is 5.10 Å². The van der Waals surface area contributed by atoms with Crippen molar-refractivity contribution in [1.82, 2.24) is 15.1 Å². The van der Waals surface area contributed by atoms with Gasteiger partial charge in [0.1, 0.15) is 5.54 Å². The number of benzene rings is 1.